The van der Waals surface area contributed by atoms with Crippen LogP contribution in [0.15, 0.2) is 0 Å². The molecule has 13 N–H and O–H groups in total. The van der Waals surface area contributed by atoms with Gasteiger partial charge >= 0.3 is 0 Å². The topological polar surface area (TPSA) is 631 Å². The van der Waals surface area contributed by atoms with E-state index in [1.165, 1.54) is 0 Å². The van der Waals surface area contributed by atoms with Crippen LogP contribution < -0.4 is 0 Å². The highest BCUT2D eigenvalue weighted by molar-refractivity contribution is 4.66. The second-order valence-corrected chi connectivity index (χ2v) is 33.6. The average molecular weight is 1910 g/mol. The van der Waals surface area contributed by atoms with Crippen molar-refractivity contribution in [3.05, 3.63) is 57.3 Å². The Bertz CT molecular complexity index is 2520. The smallest absolute Gasteiger partial charge is 0.129 e. The summed E-state index contributed by atoms with van der Waals surface area (Å²) in [6.07, 6.45) is 0.867. The van der Waals surface area contributed by atoms with Crippen LogP contribution in [0.1, 0.15) is 58.3 Å². The minimum absolute atomic E-state index is 0.00425. The molecular formula is C82H178N12O36. The summed E-state index contributed by atoms with van der Waals surface area (Å²) in [4.78, 5) is 1.78. The largest absolute Gasteiger partial charge is 0.633 e. The summed E-state index contributed by atoms with van der Waals surface area (Å²) in [5, 5.41) is 297. The standard InChI is InChI=1S/C82H178N12O36/c1-2-13-84(108,40-59-119-71-77-125-65-53-102)22-34-92(116,43-62-122-74-80-128-68-56-105)37-31-90(114,28-23-86(110,16-6-49-98)17-7-50-99)32-38-94(118,45-64-124-76-82-130-70-58-107)39-33-91(115,29-24-87(111,18-8-51-100)41-60-120-72-78-126-66-54-103)30-26-89(113,21-12-83(10-3-46-95)11-20-85(109,14-4-47-96)15-5-48-97)27-36-93(117,44-63-123-75-81-129-69-57-106)35-25-88(112,19-9-52-101)42-61-121-73-79-127-67-55-104/h95-107H,2-82H2,1H3. The Morgan fingerprint density at radius 2 is 0.285 bits per heavy atom. The molecule has 0 aromatic rings. The van der Waals surface area contributed by atoms with Crippen LogP contribution in [0.2, 0.25) is 0 Å². The molecule has 0 amide bonds. The molecule has 48 nitrogen and oxygen atoms in total. The summed E-state index contributed by atoms with van der Waals surface area (Å²) in [6.45, 7) is -14.8. The average Bonchev–Trinajstić information content (AvgIpc) is 0.828. The molecule has 0 aliphatic heterocycles. The molecule has 130 heavy (non-hydrogen) atoms. The number of rotatable bonds is 104. The lowest BCUT2D eigenvalue weighted by atomic mass is 10.2. The van der Waals surface area contributed by atoms with Gasteiger partial charge in [-0.25, -0.2) is 0 Å². The van der Waals surface area contributed by atoms with E-state index < -0.39 is 182 Å². The van der Waals surface area contributed by atoms with Crippen molar-refractivity contribution in [1.82, 2.24) is 4.90 Å². The quantitative estimate of drug-likeness (QED) is 0.0154. The highest BCUT2D eigenvalue weighted by Crippen LogP contribution is 2.24. The van der Waals surface area contributed by atoms with Gasteiger partial charge in [-0.1, -0.05) is 6.92 Å². The van der Waals surface area contributed by atoms with Crippen molar-refractivity contribution in [2.24, 2.45) is 0 Å². The van der Waals surface area contributed by atoms with E-state index in [1.54, 1.807) is 4.90 Å². The third-order valence-corrected chi connectivity index (χ3v) is 23.0. The maximum atomic E-state index is 16.7. The summed E-state index contributed by atoms with van der Waals surface area (Å²) in [6, 6.07) is 0. The van der Waals surface area contributed by atoms with E-state index in [0.717, 1.165) is 0 Å². The van der Waals surface area contributed by atoms with Gasteiger partial charge in [-0.15, -0.1) is 0 Å². The molecule has 9 atom stereocenters. The number of aliphatic hydroxyl groups excluding tert-OH is 13. The second kappa shape index (κ2) is 78.8. The Balaban J connectivity index is 9.07. The van der Waals surface area contributed by atoms with E-state index in [1.807, 2.05) is 6.92 Å². The van der Waals surface area contributed by atoms with Crippen molar-refractivity contribution in [3.63, 3.8) is 0 Å². The van der Waals surface area contributed by atoms with Gasteiger partial charge < -0.3 is 232 Å². The van der Waals surface area contributed by atoms with Gasteiger partial charge in [0.05, 0.1) is 257 Å². The maximum Gasteiger partial charge on any atom is 0.129 e. The number of aliphatic hydroxyl groups is 13. The Kier molecular flexibility index (Phi) is 77.7. The fourth-order valence-electron chi connectivity index (χ4n) is 14.5. The first kappa shape index (κ1) is 128. The van der Waals surface area contributed by atoms with Crippen LogP contribution >= 0.6 is 0 Å². The van der Waals surface area contributed by atoms with E-state index in [0.29, 0.717) is 6.42 Å². The summed E-state index contributed by atoms with van der Waals surface area (Å²) in [5.74, 6) is 0. The minimum Gasteiger partial charge on any atom is -0.633 e. The summed E-state index contributed by atoms with van der Waals surface area (Å²) in [7, 11) is 0. The first-order chi connectivity index (χ1) is 62.3. The molecule has 48 heteroatoms. The van der Waals surface area contributed by atoms with Crippen LogP contribution in [-0.2, 0) is 56.8 Å². The molecule has 0 radical (unpaired) electrons. The Morgan fingerprint density at radius 3 is 0.454 bits per heavy atom. The Hall–Kier alpha value is -1.92. The normalized spacial score (nSPS) is 16.8. The first-order valence-electron chi connectivity index (χ1n) is 47.1. The number of hydrogen-bond donors (Lipinski definition) is 13. The van der Waals surface area contributed by atoms with Gasteiger partial charge in [-0.05, 0) is 12.8 Å². The van der Waals surface area contributed by atoms with Crippen LogP contribution in [0, 0.1) is 57.3 Å². The van der Waals surface area contributed by atoms with Crippen LogP contribution in [0.4, 0.5) is 0 Å². The molecule has 0 aromatic carbocycles. The van der Waals surface area contributed by atoms with Gasteiger partial charge in [0.25, 0.3) is 0 Å². The third-order valence-electron chi connectivity index (χ3n) is 23.0. The lowest BCUT2D eigenvalue weighted by Gasteiger charge is -2.54. The number of quaternary nitrogens is 11. The summed E-state index contributed by atoms with van der Waals surface area (Å²) < 4.78 is 54.1. The molecule has 0 fully saturated rings. The SMILES string of the molecule is CCC[N+]([O-])(CCOCCOCCO)CC[N+]([O-])(CCOCCOCCO)CC[N+]([O-])(CC[N+]([O-])(CCCO)CCCO)CC[N+]([O-])(CCOCCOCCO)CC[N+]([O-])(CC[N+]([O-])(CCCO)CCOCCOCCO)CC[N+]([O-])(CCN(CCCO)CC[N+]([O-])(CCCO)CCCO)CC[N+]([O-])(CCOCCOCCO)CC[N+]([O-])(CCCO)CCOCCOCCO. The van der Waals surface area contributed by atoms with Gasteiger partial charge in [0.15, 0.2) is 0 Å². The molecular weight excluding hydrogens is 1730 g/mol. The Morgan fingerprint density at radius 1 is 0.146 bits per heavy atom. The van der Waals surface area contributed by atoms with Crippen molar-refractivity contribution < 1.29 is 174 Å². The molecule has 0 spiro atoms. The maximum absolute atomic E-state index is 16.7. The van der Waals surface area contributed by atoms with Crippen LogP contribution in [0.3, 0.4) is 0 Å². The molecule has 0 aliphatic rings. The van der Waals surface area contributed by atoms with Crippen LogP contribution in [0.5, 0.6) is 0 Å². The molecule has 0 heterocycles. The predicted molar refractivity (Wildman–Crippen MR) is 482 cm³/mol. The number of ether oxygens (including phenoxy) is 12. The lowest BCUT2D eigenvalue weighted by Crippen LogP contribution is -2.64. The molecule has 0 saturated heterocycles. The zero-order valence-corrected chi connectivity index (χ0v) is 78.8. The van der Waals surface area contributed by atoms with Crippen molar-refractivity contribution >= 4 is 0 Å². The van der Waals surface area contributed by atoms with E-state index >= 15 is 36.5 Å². The summed E-state index contributed by atoms with van der Waals surface area (Å²) >= 11 is 0. The third kappa shape index (κ3) is 67.4. The predicted octanol–water partition coefficient (Wildman–Crippen LogP) is -5.01. The monoisotopic (exact) mass is 1910 g/mol. The molecule has 9 unspecified atom stereocenters. The van der Waals surface area contributed by atoms with Gasteiger partial charge in [0.1, 0.15) is 157 Å². The van der Waals surface area contributed by atoms with E-state index in [2.05, 4.69) is 0 Å². The van der Waals surface area contributed by atoms with Crippen molar-refractivity contribution in [3.8, 4) is 0 Å². The summed E-state index contributed by atoms with van der Waals surface area (Å²) in [5.41, 5.74) is 0. The molecule has 0 saturated carbocycles. The van der Waals surface area contributed by atoms with Crippen molar-refractivity contribution in [2.75, 3.05) is 480 Å². The fourth-order valence-corrected chi connectivity index (χ4v) is 14.5. The van der Waals surface area contributed by atoms with Gasteiger partial charge in [-0.2, -0.15) is 0 Å². The van der Waals surface area contributed by atoms with Crippen LogP contribution in [-0.4, -0.2) is 602 Å². The molecule has 782 valence electrons. The van der Waals surface area contributed by atoms with E-state index in [9.17, 15) is 82.1 Å². The number of hydrogen-bond acceptors (Lipinski definition) is 37. The van der Waals surface area contributed by atoms with E-state index in [4.69, 9.17) is 61.9 Å². The first-order valence-corrected chi connectivity index (χ1v) is 47.1. The van der Waals surface area contributed by atoms with Crippen LogP contribution in [0.25, 0.3) is 0 Å². The molecule has 0 aromatic heterocycles. The number of nitrogens with zero attached hydrogens (tertiary/aromatic N) is 12. The van der Waals surface area contributed by atoms with Crippen molar-refractivity contribution in [2.45, 2.75) is 58.3 Å². The zero-order valence-electron chi connectivity index (χ0n) is 78.8. The Labute approximate surface area is 772 Å². The van der Waals surface area contributed by atoms with Crippen molar-refractivity contribution in [1.29, 1.82) is 0 Å². The lowest BCUT2D eigenvalue weighted by molar-refractivity contribution is -0.993. The van der Waals surface area contributed by atoms with Gasteiger partial charge in [-0.3, -0.25) is 4.90 Å². The fraction of sp³-hybridized carbons (Fsp3) is 1.00. The molecule has 0 rings (SSSR count). The highest BCUT2D eigenvalue weighted by Gasteiger charge is 2.37. The minimum atomic E-state index is -1.46. The highest BCUT2D eigenvalue weighted by atomic mass is 16.6. The molecule has 0 bridgehead atoms. The molecule has 0 aliphatic carbocycles. The zero-order chi connectivity index (χ0) is 96.8. The second-order valence-electron chi connectivity index (χ2n) is 33.6. The van der Waals surface area contributed by atoms with Gasteiger partial charge in [0, 0.05) is 104 Å². The van der Waals surface area contributed by atoms with E-state index in [-0.39, 0.29) is 394 Å². The number of hydroxylamine groups is 33. The van der Waals surface area contributed by atoms with Gasteiger partial charge in [0.2, 0.25) is 0 Å².